The zero-order valence-corrected chi connectivity index (χ0v) is 14.2. The third-order valence-corrected chi connectivity index (χ3v) is 4.72. The van der Waals surface area contributed by atoms with Crippen LogP contribution < -0.4 is 0 Å². The molecule has 1 aliphatic rings. The summed E-state index contributed by atoms with van der Waals surface area (Å²) in [7, 11) is 0. The number of nitrogens with zero attached hydrogens (tertiary/aromatic N) is 3. The van der Waals surface area contributed by atoms with Crippen molar-refractivity contribution in [1.82, 2.24) is 14.7 Å². The number of likely N-dealkylation sites (tertiary alicyclic amines) is 1. The van der Waals surface area contributed by atoms with E-state index >= 15 is 0 Å². The maximum absolute atomic E-state index is 12.6. The molecule has 0 unspecified atom stereocenters. The van der Waals surface area contributed by atoms with E-state index in [2.05, 4.69) is 5.10 Å². The van der Waals surface area contributed by atoms with Crippen LogP contribution in [0.1, 0.15) is 31.2 Å². The van der Waals surface area contributed by atoms with Crippen molar-refractivity contribution in [3.05, 3.63) is 48.3 Å². The largest absolute Gasteiger partial charge is 0.481 e. The molecule has 1 atom stereocenters. The molecule has 0 saturated carbocycles. The lowest BCUT2D eigenvalue weighted by molar-refractivity contribution is -0.138. The lowest BCUT2D eigenvalue weighted by atomic mass is 9.97. The van der Waals surface area contributed by atoms with Crippen molar-refractivity contribution in [3.8, 4) is 5.69 Å². The highest BCUT2D eigenvalue weighted by molar-refractivity contribution is 5.78. The second-order valence-electron chi connectivity index (χ2n) is 6.57. The number of carbonyl (C=O) groups excluding carboxylic acids is 1. The number of amides is 1. The molecule has 0 aliphatic carbocycles. The van der Waals surface area contributed by atoms with Gasteiger partial charge in [0.25, 0.3) is 0 Å². The molecule has 0 radical (unpaired) electrons. The van der Waals surface area contributed by atoms with Gasteiger partial charge in [-0.25, -0.2) is 4.68 Å². The van der Waals surface area contributed by atoms with Gasteiger partial charge in [0.15, 0.2) is 0 Å². The van der Waals surface area contributed by atoms with E-state index in [4.69, 9.17) is 5.11 Å². The van der Waals surface area contributed by atoms with E-state index in [1.165, 1.54) is 0 Å². The Bertz CT molecular complexity index is 710. The molecule has 1 N–H and O–H groups in total. The minimum atomic E-state index is -0.748. The highest BCUT2D eigenvalue weighted by Gasteiger charge is 2.22. The number of hydrogen-bond donors (Lipinski definition) is 1. The summed E-state index contributed by atoms with van der Waals surface area (Å²) in [6, 6.07) is 9.70. The van der Waals surface area contributed by atoms with Crippen molar-refractivity contribution >= 4 is 11.9 Å². The Morgan fingerprint density at radius 1 is 1.16 bits per heavy atom. The molecule has 1 aromatic carbocycles. The lowest BCUT2D eigenvalue weighted by Crippen LogP contribution is -2.33. The van der Waals surface area contributed by atoms with Crippen LogP contribution in [0.4, 0.5) is 0 Å². The first-order valence-corrected chi connectivity index (χ1v) is 8.70. The maximum atomic E-state index is 12.6. The van der Waals surface area contributed by atoms with Crippen LogP contribution in [0.3, 0.4) is 0 Å². The molecule has 132 valence electrons. The van der Waals surface area contributed by atoms with Crippen molar-refractivity contribution in [2.24, 2.45) is 5.92 Å². The number of rotatable bonds is 5. The van der Waals surface area contributed by atoms with Crippen LogP contribution in [0.2, 0.25) is 0 Å². The summed E-state index contributed by atoms with van der Waals surface area (Å²) in [6.07, 6.45) is 6.73. The molecule has 3 rings (SSSR count). The van der Waals surface area contributed by atoms with Crippen molar-refractivity contribution in [3.63, 3.8) is 0 Å². The molecule has 6 nitrogen and oxygen atoms in total. The van der Waals surface area contributed by atoms with Crippen LogP contribution in [0.15, 0.2) is 42.7 Å². The van der Waals surface area contributed by atoms with E-state index in [0.29, 0.717) is 13.0 Å². The van der Waals surface area contributed by atoms with E-state index in [0.717, 1.165) is 37.1 Å². The molecule has 25 heavy (non-hydrogen) atoms. The summed E-state index contributed by atoms with van der Waals surface area (Å²) in [6.45, 7) is 1.38. The first kappa shape index (κ1) is 17.2. The summed E-state index contributed by atoms with van der Waals surface area (Å²) in [5.41, 5.74) is 1.94. The Morgan fingerprint density at radius 2 is 1.96 bits per heavy atom. The van der Waals surface area contributed by atoms with Crippen molar-refractivity contribution < 1.29 is 14.7 Å². The van der Waals surface area contributed by atoms with Gasteiger partial charge in [0, 0.05) is 31.9 Å². The number of aromatic nitrogens is 2. The zero-order chi connectivity index (χ0) is 17.6. The second-order valence-corrected chi connectivity index (χ2v) is 6.57. The van der Waals surface area contributed by atoms with E-state index in [9.17, 15) is 9.59 Å². The molecule has 6 heteroatoms. The van der Waals surface area contributed by atoms with E-state index in [1.807, 2.05) is 41.4 Å². The van der Waals surface area contributed by atoms with E-state index in [-0.39, 0.29) is 18.2 Å². The Morgan fingerprint density at radius 3 is 2.64 bits per heavy atom. The molecule has 2 heterocycles. The van der Waals surface area contributed by atoms with Gasteiger partial charge >= 0.3 is 5.97 Å². The standard InChI is InChI=1S/C19H23N3O3/c23-18(21-10-1-3-15(8-12-21)14-19(24)25)13-16-4-6-17(7-5-16)22-11-2-9-20-22/h2,4-7,9,11,15H,1,3,8,10,12-14H2,(H,24,25)/t15-/m0/s1. The summed E-state index contributed by atoms with van der Waals surface area (Å²) in [4.78, 5) is 25.3. The van der Waals surface area contributed by atoms with Gasteiger partial charge in [0.2, 0.25) is 5.91 Å². The van der Waals surface area contributed by atoms with E-state index in [1.54, 1.807) is 10.9 Å². The van der Waals surface area contributed by atoms with Gasteiger partial charge in [-0.1, -0.05) is 12.1 Å². The minimum Gasteiger partial charge on any atom is -0.481 e. The number of carboxylic acid groups (broad SMARTS) is 1. The van der Waals surface area contributed by atoms with Gasteiger partial charge in [-0.3, -0.25) is 9.59 Å². The highest BCUT2D eigenvalue weighted by Crippen LogP contribution is 2.21. The SMILES string of the molecule is O=C(O)C[C@H]1CCCN(C(=O)Cc2ccc(-n3cccn3)cc2)CC1. The van der Waals surface area contributed by atoms with E-state index < -0.39 is 5.97 Å². The number of aliphatic carboxylic acids is 1. The third-order valence-electron chi connectivity index (χ3n) is 4.72. The van der Waals surface area contributed by atoms with Crippen LogP contribution in [0, 0.1) is 5.92 Å². The predicted molar refractivity (Wildman–Crippen MR) is 93.4 cm³/mol. The molecule has 0 spiro atoms. The number of hydrogen-bond acceptors (Lipinski definition) is 3. The van der Waals surface area contributed by atoms with Gasteiger partial charge in [0.05, 0.1) is 12.1 Å². The Kier molecular flexibility index (Phi) is 5.48. The van der Waals surface area contributed by atoms with Crippen LogP contribution >= 0.6 is 0 Å². The Hall–Kier alpha value is -2.63. The number of benzene rings is 1. The smallest absolute Gasteiger partial charge is 0.303 e. The van der Waals surface area contributed by atoms with Gasteiger partial charge in [-0.05, 0) is 48.9 Å². The average Bonchev–Trinajstić information content (AvgIpc) is 3.02. The minimum absolute atomic E-state index is 0.114. The molecule has 1 aromatic heterocycles. The highest BCUT2D eigenvalue weighted by atomic mass is 16.4. The molecule has 1 saturated heterocycles. The van der Waals surface area contributed by atoms with Crippen LogP contribution in [-0.4, -0.2) is 44.8 Å². The molecular formula is C19H23N3O3. The summed E-state index contributed by atoms with van der Waals surface area (Å²) in [5.74, 6) is -0.450. The fraction of sp³-hybridized carbons (Fsp3) is 0.421. The van der Waals surface area contributed by atoms with Crippen molar-refractivity contribution in [2.45, 2.75) is 32.1 Å². The topological polar surface area (TPSA) is 75.4 Å². The lowest BCUT2D eigenvalue weighted by Gasteiger charge is -2.20. The first-order chi connectivity index (χ1) is 12.1. The molecule has 1 fully saturated rings. The number of carbonyl (C=O) groups is 2. The monoisotopic (exact) mass is 341 g/mol. The molecule has 2 aromatic rings. The van der Waals surface area contributed by atoms with Gasteiger partial charge in [-0.15, -0.1) is 0 Å². The second kappa shape index (κ2) is 7.96. The zero-order valence-electron chi connectivity index (χ0n) is 14.2. The Labute approximate surface area is 147 Å². The van der Waals surface area contributed by atoms with Crippen molar-refractivity contribution in [2.75, 3.05) is 13.1 Å². The van der Waals surface area contributed by atoms with Gasteiger partial charge in [0.1, 0.15) is 0 Å². The van der Waals surface area contributed by atoms with Crippen LogP contribution in [0.5, 0.6) is 0 Å². The number of carboxylic acids is 1. The molecular weight excluding hydrogens is 318 g/mol. The van der Waals surface area contributed by atoms with Crippen LogP contribution in [-0.2, 0) is 16.0 Å². The van der Waals surface area contributed by atoms with Gasteiger partial charge < -0.3 is 10.0 Å². The average molecular weight is 341 g/mol. The predicted octanol–water partition coefficient (Wildman–Crippen LogP) is 2.52. The van der Waals surface area contributed by atoms with Gasteiger partial charge in [-0.2, -0.15) is 5.10 Å². The fourth-order valence-electron chi connectivity index (χ4n) is 3.34. The Balaban J connectivity index is 1.56. The maximum Gasteiger partial charge on any atom is 0.303 e. The van der Waals surface area contributed by atoms with Crippen LogP contribution in [0.25, 0.3) is 5.69 Å². The molecule has 1 amide bonds. The fourth-order valence-corrected chi connectivity index (χ4v) is 3.34. The quantitative estimate of drug-likeness (QED) is 0.907. The molecule has 1 aliphatic heterocycles. The summed E-state index contributed by atoms with van der Waals surface area (Å²) in [5, 5.41) is 13.1. The molecule has 0 bridgehead atoms. The third kappa shape index (κ3) is 4.68. The normalized spacial score (nSPS) is 17.9. The van der Waals surface area contributed by atoms with Crippen molar-refractivity contribution in [1.29, 1.82) is 0 Å². The summed E-state index contributed by atoms with van der Waals surface area (Å²) >= 11 is 0. The summed E-state index contributed by atoms with van der Waals surface area (Å²) < 4.78 is 1.78. The first-order valence-electron chi connectivity index (χ1n) is 8.70.